The highest BCUT2D eigenvalue weighted by molar-refractivity contribution is 5.35. The first-order valence-electron chi connectivity index (χ1n) is 8.80. The van der Waals surface area contributed by atoms with E-state index in [4.69, 9.17) is 4.74 Å². The number of aryl methyl sites for hydroxylation is 2. The zero-order chi connectivity index (χ0) is 16.8. The Balaban J connectivity index is 1.76. The normalized spacial score (nSPS) is 18.3. The largest absolute Gasteiger partial charge is 0.491 e. The highest BCUT2D eigenvalue weighted by atomic mass is 16.5. The summed E-state index contributed by atoms with van der Waals surface area (Å²) in [6.45, 7) is 10.8. The molecule has 0 aromatic heterocycles. The van der Waals surface area contributed by atoms with Crippen molar-refractivity contribution in [3.63, 3.8) is 0 Å². The molecule has 0 amide bonds. The van der Waals surface area contributed by atoms with Crippen LogP contribution in [0, 0.1) is 13.8 Å². The van der Waals surface area contributed by atoms with Crippen molar-refractivity contribution in [3.05, 3.63) is 29.3 Å². The Morgan fingerprint density at radius 3 is 2.65 bits per heavy atom. The number of rotatable bonds is 7. The van der Waals surface area contributed by atoms with Gasteiger partial charge in [0.15, 0.2) is 0 Å². The van der Waals surface area contributed by atoms with Crippen LogP contribution in [0.25, 0.3) is 0 Å². The number of ether oxygens (including phenoxy) is 1. The molecule has 4 nitrogen and oxygen atoms in total. The van der Waals surface area contributed by atoms with E-state index in [0.29, 0.717) is 19.2 Å². The summed E-state index contributed by atoms with van der Waals surface area (Å²) in [5, 5.41) is 10.3. The summed E-state index contributed by atoms with van der Waals surface area (Å²) in [4.78, 5) is 4.79. The third-order valence-corrected chi connectivity index (χ3v) is 4.90. The predicted octanol–water partition coefficient (Wildman–Crippen LogP) is 2.46. The average Bonchev–Trinajstić information content (AvgIpc) is 2.55. The Morgan fingerprint density at radius 1 is 1.30 bits per heavy atom. The molecule has 1 fully saturated rings. The van der Waals surface area contributed by atoms with Crippen LogP contribution in [0.5, 0.6) is 5.75 Å². The monoisotopic (exact) mass is 320 g/mol. The van der Waals surface area contributed by atoms with Gasteiger partial charge in [0.25, 0.3) is 0 Å². The fourth-order valence-electron chi connectivity index (χ4n) is 3.26. The summed E-state index contributed by atoms with van der Waals surface area (Å²) in [5.41, 5.74) is 2.29. The van der Waals surface area contributed by atoms with Crippen LogP contribution in [-0.4, -0.2) is 66.9 Å². The van der Waals surface area contributed by atoms with Crippen LogP contribution in [0.4, 0.5) is 0 Å². The van der Waals surface area contributed by atoms with Crippen molar-refractivity contribution in [2.45, 2.75) is 45.8 Å². The van der Waals surface area contributed by atoms with Gasteiger partial charge in [0.05, 0.1) is 0 Å². The Hall–Kier alpha value is -1.10. The molecule has 0 aliphatic carbocycles. The number of hydrogen-bond donors (Lipinski definition) is 1. The van der Waals surface area contributed by atoms with Crippen LogP contribution >= 0.6 is 0 Å². The van der Waals surface area contributed by atoms with E-state index in [0.717, 1.165) is 17.9 Å². The topological polar surface area (TPSA) is 35.9 Å². The molecule has 1 heterocycles. The first-order valence-corrected chi connectivity index (χ1v) is 8.80. The first kappa shape index (κ1) is 18.2. The zero-order valence-electron chi connectivity index (χ0n) is 15.1. The number of aliphatic hydroxyl groups excluding tert-OH is 1. The molecule has 0 bridgehead atoms. The van der Waals surface area contributed by atoms with Crippen molar-refractivity contribution in [2.24, 2.45) is 0 Å². The maximum absolute atomic E-state index is 10.3. The summed E-state index contributed by atoms with van der Waals surface area (Å²) in [7, 11) is 2.12. The highest BCUT2D eigenvalue weighted by Gasteiger charge is 2.23. The van der Waals surface area contributed by atoms with Gasteiger partial charge in [-0.25, -0.2) is 0 Å². The second-order valence-electron chi connectivity index (χ2n) is 6.84. The lowest BCUT2D eigenvalue weighted by atomic mass is 10.0. The standard InChI is InChI=1S/C19H32N2O2/c1-5-21-10-8-17(9-11-21)20(4)13-18(22)14-23-19-12-15(2)6-7-16(19)3/h6-7,12,17-18,22H,5,8-11,13-14H2,1-4H3. The number of hydrogen-bond acceptors (Lipinski definition) is 4. The first-order chi connectivity index (χ1) is 11.0. The third kappa shape index (κ3) is 5.48. The molecular weight excluding hydrogens is 288 g/mol. The quantitative estimate of drug-likeness (QED) is 0.837. The number of aliphatic hydroxyl groups is 1. The van der Waals surface area contributed by atoms with Gasteiger partial charge in [-0.1, -0.05) is 19.1 Å². The summed E-state index contributed by atoms with van der Waals surface area (Å²) >= 11 is 0. The molecule has 0 radical (unpaired) electrons. The Kier molecular flexibility index (Phi) is 6.88. The molecular formula is C19H32N2O2. The summed E-state index contributed by atoms with van der Waals surface area (Å²) in [5.74, 6) is 0.878. The van der Waals surface area contributed by atoms with E-state index < -0.39 is 6.10 Å². The molecule has 1 unspecified atom stereocenters. The Bertz CT molecular complexity index is 484. The molecule has 130 valence electrons. The van der Waals surface area contributed by atoms with Gasteiger partial charge in [-0.2, -0.15) is 0 Å². The van der Waals surface area contributed by atoms with Crippen molar-refractivity contribution < 1.29 is 9.84 Å². The average molecular weight is 320 g/mol. The number of piperidine rings is 1. The second-order valence-corrected chi connectivity index (χ2v) is 6.84. The van der Waals surface area contributed by atoms with Crippen LogP contribution in [-0.2, 0) is 0 Å². The van der Waals surface area contributed by atoms with Crippen molar-refractivity contribution in [2.75, 3.05) is 39.8 Å². The molecule has 1 aromatic carbocycles. The maximum atomic E-state index is 10.3. The van der Waals surface area contributed by atoms with Gasteiger partial charge in [-0.05, 0) is 70.6 Å². The SMILES string of the molecule is CCN1CCC(N(C)CC(O)COc2cc(C)ccc2C)CC1. The highest BCUT2D eigenvalue weighted by Crippen LogP contribution is 2.20. The maximum Gasteiger partial charge on any atom is 0.122 e. The minimum absolute atomic E-state index is 0.350. The minimum atomic E-state index is -0.455. The van der Waals surface area contributed by atoms with Crippen LogP contribution in [0.1, 0.15) is 30.9 Å². The van der Waals surface area contributed by atoms with E-state index in [1.807, 2.05) is 13.0 Å². The van der Waals surface area contributed by atoms with Crippen LogP contribution in [0.15, 0.2) is 18.2 Å². The van der Waals surface area contributed by atoms with E-state index >= 15 is 0 Å². The molecule has 1 N–H and O–H groups in total. The van der Waals surface area contributed by atoms with E-state index in [2.05, 4.69) is 42.8 Å². The van der Waals surface area contributed by atoms with Crippen LogP contribution in [0.3, 0.4) is 0 Å². The van der Waals surface area contributed by atoms with Crippen molar-refractivity contribution in [1.82, 2.24) is 9.80 Å². The molecule has 1 saturated heterocycles. The molecule has 1 aromatic rings. The minimum Gasteiger partial charge on any atom is -0.491 e. The Morgan fingerprint density at radius 2 is 2.00 bits per heavy atom. The van der Waals surface area contributed by atoms with Gasteiger partial charge in [-0.15, -0.1) is 0 Å². The van der Waals surface area contributed by atoms with Crippen molar-refractivity contribution in [3.8, 4) is 5.75 Å². The van der Waals surface area contributed by atoms with Gasteiger partial charge >= 0.3 is 0 Å². The molecule has 1 aliphatic heterocycles. The number of nitrogens with zero attached hydrogens (tertiary/aromatic N) is 2. The molecule has 1 atom stereocenters. The predicted molar refractivity (Wildman–Crippen MR) is 95.2 cm³/mol. The van der Waals surface area contributed by atoms with Gasteiger partial charge in [0.1, 0.15) is 18.5 Å². The van der Waals surface area contributed by atoms with E-state index in [1.165, 1.54) is 31.5 Å². The van der Waals surface area contributed by atoms with Crippen molar-refractivity contribution in [1.29, 1.82) is 0 Å². The van der Waals surface area contributed by atoms with Crippen molar-refractivity contribution >= 4 is 0 Å². The van der Waals surface area contributed by atoms with E-state index in [-0.39, 0.29) is 0 Å². The van der Waals surface area contributed by atoms with Gasteiger partial charge < -0.3 is 19.6 Å². The lowest BCUT2D eigenvalue weighted by Gasteiger charge is -2.37. The smallest absolute Gasteiger partial charge is 0.122 e. The van der Waals surface area contributed by atoms with Gasteiger partial charge in [0.2, 0.25) is 0 Å². The fraction of sp³-hybridized carbons (Fsp3) is 0.684. The third-order valence-electron chi connectivity index (χ3n) is 4.90. The number of benzene rings is 1. The number of likely N-dealkylation sites (tertiary alicyclic amines) is 1. The summed E-state index contributed by atoms with van der Waals surface area (Å²) in [6, 6.07) is 6.75. The molecule has 23 heavy (non-hydrogen) atoms. The van der Waals surface area contributed by atoms with E-state index in [1.54, 1.807) is 0 Å². The number of likely N-dealkylation sites (N-methyl/N-ethyl adjacent to an activating group) is 1. The summed E-state index contributed by atoms with van der Waals surface area (Å²) < 4.78 is 5.82. The zero-order valence-corrected chi connectivity index (χ0v) is 15.1. The van der Waals surface area contributed by atoms with Gasteiger partial charge in [-0.3, -0.25) is 0 Å². The molecule has 2 rings (SSSR count). The lowest BCUT2D eigenvalue weighted by molar-refractivity contribution is 0.0476. The molecule has 0 spiro atoms. The lowest BCUT2D eigenvalue weighted by Crippen LogP contribution is -2.46. The Labute approximate surface area is 141 Å². The second kappa shape index (κ2) is 8.67. The van der Waals surface area contributed by atoms with Gasteiger partial charge in [0, 0.05) is 12.6 Å². The molecule has 0 saturated carbocycles. The van der Waals surface area contributed by atoms with E-state index in [9.17, 15) is 5.11 Å². The molecule has 4 heteroatoms. The summed E-state index contributed by atoms with van der Waals surface area (Å²) in [6.07, 6.45) is 1.92. The fourth-order valence-corrected chi connectivity index (χ4v) is 3.26. The van der Waals surface area contributed by atoms with Crippen LogP contribution in [0.2, 0.25) is 0 Å². The molecule has 1 aliphatic rings. The van der Waals surface area contributed by atoms with Crippen LogP contribution < -0.4 is 4.74 Å².